The molecule has 1 aliphatic rings. The molecule has 0 saturated carbocycles. The van der Waals surface area contributed by atoms with Crippen LogP contribution in [-0.4, -0.2) is 5.78 Å². The molecule has 0 heterocycles. The summed E-state index contributed by atoms with van der Waals surface area (Å²) in [5.41, 5.74) is 1.29. The molecule has 1 nitrogen and oxygen atoms in total. The highest BCUT2D eigenvalue weighted by atomic mass is 16.1. The molecule has 0 fully saturated rings. The van der Waals surface area contributed by atoms with E-state index in [1.807, 2.05) is 13.0 Å². The van der Waals surface area contributed by atoms with E-state index in [0.29, 0.717) is 12.2 Å². The highest BCUT2D eigenvalue weighted by molar-refractivity contribution is 5.95. The van der Waals surface area contributed by atoms with E-state index in [1.54, 1.807) is 0 Å². The van der Waals surface area contributed by atoms with Gasteiger partial charge in [-0.1, -0.05) is 32.1 Å². The number of ketones is 1. The lowest BCUT2D eigenvalue weighted by Crippen LogP contribution is -2.17. The average Bonchev–Trinajstić information content (AvgIpc) is 2.16. The molecule has 0 aromatic carbocycles. The molecule has 84 valence electrons. The van der Waals surface area contributed by atoms with Crippen molar-refractivity contribution < 1.29 is 4.79 Å². The van der Waals surface area contributed by atoms with E-state index in [-0.39, 0.29) is 5.41 Å². The van der Waals surface area contributed by atoms with Crippen molar-refractivity contribution in [3.63, 3.8) is 0 Å². The number of allylic oxidation sites excluding steroid dienone is 4. The van der Waals surface area contributed by atoms with Crippen LogP contribution in [0.5, 0.6) is 0 Å². The monoisotopic (exact) mass is 206 g/mol. The molecule has 15 heavy (non-hydrogen) atoms. The Kier molecular flexibility index (Phi) is 4.31. The fourth-order valence-electron chi connectivity index (χ4n) is 2.11. The maximum absolute atomic E-state index is 11.9. The second-order valence-corrected chi connectivity index (χ2v) is 5.04. The Morgan fingerprint density at radius 3 is 2.87 bits per heavy atom. The normalized spacial score (nSPS) is 20.3. The van der Waals surface area contributed by atoms with Crippen LogP contribution in [0.4, 0.5) is 0 Å². The number of Topliss-reactive ketones (excluding diaryl/α,β-unsaturated/α-hetero) is 1. The van der Waals surface area contributed by atoms with Gasteiger partial charge in [-0.15, -0.1) is 0 Å². The quantitative estimate of drug-likeness (QED) is 0.634. The van der Waals surface area contributed by atoms with Gasteiger partial charge >= 0.3 is 0 Å². The summed E-state index contributed by atoms with van der Waals surface area (Å²) >= 11 is 0. The van der Waals surface area contributed by atoms with Gasteiger partial charge < -0.3 is 0 Å². The van der Waals surface area contributed by atoms with Gasteiger partial charge in [0, 0.05) is 6.42 Å². The minimum absolute atomic E-state index is 0.226. The van der Waals surface area contributed by atoms with Gasteiger partial charge in [0.25, 0.3) is 0 Å². The molecule has 0 aromatic rings. The van der Waals surface area contributed by atoms with Gasteiger partial charge in [-0.2, -0.15) is 0 Å². The smallest absolute Gasteiger partial charge is 0.158 e. The van der Waals surface area contributed by atoms with Crippen molar-refractivity contribution in [2.75, 3.05) is 0 Å². The lowest BCUT2D eigenvalue weighted by molar-refractivity contribution is -0.115. The van der Waals surface area contributed by atoms with Crippen molar-refractivity contribution in [2.45, 2.75) is 52.9 Å². The van der Waals surface area contributed by atoms with Crippen molar-refractivity contribution in [3.8, 4) is 0 Å². The van der Waals surface area contributed by atoms with E-state index in [1.165, 1.54) is 6.42 Å². The summed E-state index contributed by atoms with van der Waals surface area (Å²) in [4.78, 5) is 11.9. The van der Waals surface area contributed by atoms with Gasteiger partial charge in [-0.3, -0.25) is 4.79 Å². The second kappa shape index (κ2) is 5.29. The third-order valence-electron chi connectivity index (χ3n) is 2.96. The van der Waals surface area contributed by atoms with Gasteiger partial charge in [0.2, 0.25) is 0 Å². The zero-order valence-corrected chi connectivity index (χ0v) is 10.2. The van der Waals surface area contributed by atoms with E-state index in [9.17, 15) is 4.79 Å². The van der Waals surface area contributed by atoms with Gasteiger partial charge in [0.1, 0.15) is 0 Å². The van der Waals surface area contributed by atoms with Crippen LogP contribution in [0, 0.1) is 5.41 Å². The first-order valence-corrected chi connectivity index (χ1v) is 5.91. The summed E-state index contributed by atoms with van der Waals surface area (Å²) in [6.07, 6.45) is 11.2. The van der Waals surface area contributed by atoms with Crippen LogP contribution in [-0.2, 0) is 4.79 Å². The maximum Gasteiger partial charge on any atom is 0.158 e. The van der Waals surface area contributed by atoms with Crippen LogP contribution in [0.1, 0.15) is 52.9 Å². The third kappa shape index (κ3) is 4.03. The highest BCUT2D eigenvalue weighted by Crippen LogP contribution is 2.33. The lowest BCUT2D eigenvalue weighted by atomic mass is 9.78. The van der Waals surface area contributed by atoms with Crippen molar-refractivity contribution >= 4 is 5.78 Å². The van der Waals surface area contributed by atoms with E-state index in [0.717, 1.165) is 24.8 Å². The first kappa shape index (κ1) is 12.2. The summed E-state index contributed by atoms with van der Waals surface area (Å²) in [5.74, 6) is 0.348. The van der Waals surface area contributed by atoms with Gasteiger partial charge in [0.05, 0.1) is 0 Å². The van der Waals surface area contributed by atoms with Crippen LogP contribution in [0.25, 0.3) is 0 Å². The molecule has 0 radical (unpaired) electrons. The van der Waals surface area contributed by atoms with Crippen LogP contribution >= 0.6 is 0 Å². The number of carbonyl (C=O) groups excluding carboxylic acids is 1. The molecule has 0 saturated heterocycles. The highest BCUT2D eigenvalue weighted by Gasteiger charge is 2.22. The molecule has 1 heteroatoms. The largest absolute Gasteiger partial charge is 0.295 e. The molecule has 0 bridgehead atoms. The third-order valence-corrected chi connectivity index (χ3v) is 2.96. The predicted octanol–water partition coefficient (Wildman–Crippen LogP) is 4.05. The molecular weight excluding hydrogens is 184 g/mol. The summed E-state index contributed by atoms with van der Waals surface area (Å²) in [5, 5.41) is 0. The summed E-state index contributed by atoms with van der Waals surface area (Å²) in [6, 6.07) is 0. The van der Waals surface area contributed by atoms with Gasteiger partial charge in [0.15, 0.2) is 5.78 Å². The van der Waals surface area contributed by atoms with Crippen molar-refractivity contribution in [1.29, 1.82) is 0 Å². The molecule has 0 N–H and O–H groups in total. The van der Waals surface area contributed by atoms with Crippen LogP contribution in [0.15, 0.2) is 23.8 Å². The topological polar surface area (TPSA) is 17.1 Å². The molecule has 0 aliphatic heterocycles. The first-order valence-electron chi connectivity index (χ1n) is 5.91. The average molecular weight is 206 g/mol. The fraction of sp³-hybridized carbons (Fsp3) is 0.643. The van der Waals surface area contributed by atoms with Crippen LogP contribution < -0.4 is 0 Å². The van der Waals surface area contributed by atoms with E-state index in [2.05, 4.69) is 26.0 Å². The van der Waals surface area contributed by atoms with E-state index in [4.69, 9.17) is 0 Å². The number of hydrogen-bond acceptors (Lipinski definition) is 1. The van der Waals surface area contributed by atoms with Crippen molar-refractivity contribution in [1.82, 2.24) is 0 Å². The minimum Gasteiger partial charge on any atom is -0.295 e. The number of carbonyl (C=O) groups is 1. The Morgan fingerprint density at radius 1 is 1.53 bits per heavy atom. The molecule has 0 atom stereocenters. The van der Waals surface area contributed by atoms with E-state index < -0.39 is 0 Å². The lowest BCUT2D eigenvalue weighted by Gasteiger charge is -2.26. The van der Waals surface area contributed by atoms with Gasteiger partial charge in [-0.05, 0) is 43.6 Å². The molecule has 0 amide bonds. The zero-order valence-electron chi connectivity index (χ0n) is 10.2. The number of hydrogen-bond donors (Lipinski definition) is 0. The Morgan fingerprint density at radius 2 is 2.27 bits per heavy atom. The second-order valence-electron chi connectivity index (χ2n) is 5.04. The molecule has 1 aliphatic carbocycles. The van der Waals surface area contributed by atoms with Crippen molar-refractivity contribution in [3.05, 3.63) is 23.8 Å². The molecule has 0 spiro atoms. The minimum atomic E-state index is 0.226. The molecular formula is C14H22O. The first-order chi connectivity index (χ1) is 7.05. The SMILES string of the molecule is C/C=C/CCC(=O)C1=CC(C)(C)CCC1. The van der Waals surface area contributed by atoms with Gasteiger partial charge in [-0.25, -0.2) is 0 Å². The summed E-state index contributed by atoms with van der Waals surface area (Å²) < 4.78 is 0. The van der Waals surface area contributed by atoms with Crippen LogP contribution in [0.2, 0.25) is 0 Å². The summed E-state index contributed by atoms with van der Waals surface area (Å²) in [7, 11) is 0. The summed E-state index contributed by atoms with van der Waals surface area (Å²) in [6.45, 7) is 6.42. The Hall–Kier alpha value is -0.850. The van der Waals surface area contributed by atoms with Crippen molar-refractivity contribution in [2.24, 2.45) is 5.41 Å². The number of rotatable bonds is 4. The van der Waals surface area contributed by atoms with Crippen LogP contribution in [0.3, 0.4) is 0 Å². The zero-order chi connectivity index (χ0) is 11.3. The Labute approximate surface area is 93.3 Å². The predicted molar refractivity (Wildman–Crippen MR) is 64.8 cm³/mol. The Bertz CT molecular complexity index is 282. The van der Waals surface area contributed by atoms with E-state index >= 15 is 0 Å². The standard InChI is InChI=1S/C14H22O/c1-4-5-6-9-13(15)12-8-7-10-14(2,3)11-12/h4-5,11H,6-10H2,1-3H3/b5-4+. The maximum atomic E-state index is 11.9. The molecule has 1 rings (SSSR count). The Balaban J connectivity index is 2.55. The fourth-order valence-corrected chi connectivity index (χ4v) is 2.11. The molecule has 0 unspecified atom stereocenters. The molecule has 0 aromatic heterocycles.